The minimum Gasteiger partial charge on any atom is -0.488 e. The summed E-state index contributed by atoms with van der Waals surface area (Å²) in [6.07, 6.45) is 1.66. The fourth-order valence-electron chi connectivity index (χ4n) is 1.65. The molecule has 2 rings (SSSR count). The van der Waals surface area contributed by atoms with Gasteiger partial charge in [-0.15, -0.1) is 0 Å². The van der Waals surface area contributed by atoms with Crippen molar-refractivity contribution in [2.45, 2.75) is 6.92 Å². The Morgan fingerprint density at radius 3 is 2.76 bits per heavy atom. The molecular weight excluding hydrogens is 276 g/mol. The molecule has 2 N–H and O–H groups in total. The molecule has 0 unspecified atom stereocenters. The number of para-hydroxylation sites is 1. The highest BCUT2D eigenvalue weighted by molar-refractivity contribution is 5.96. The van der Waals surface area contributed by atoms with Gasteiger partial charge < -0.3 is 9.47 Å². The predicted molar refractivity (Wildman–Crippen MR) is 72.8 cm³/mol. The summed E-state index contributed by atoms with van der Waals surface area (Å²) in [6, 6.07) is 7.27. The van der Waals surface area contributed by atoms with Crippen LogP contribution in [0.15, 0.2) is 29.8 Å². The number of benzene rings is 1. The van der Waals surface area contributed by atoms with Crippen LogP contribution in [-0.2, 0) is 19.1 Å². The van der Waals surface area contributed by atoms with Crippen molar-refractivity contribution in [3.63, 3.8) is 0 Å². The van der Waals surface area contributed by atoms with E-state index in [0.717, 1.165) is 5.56 Å². The van der Waals surface area contributed by atoms with Gasteiger partial charge in [0.2, 0.25) is 5.91 Å². The molecule has 1 aliphatic rings. The van der Waals surface area contributed by atoms with Gasteiger partial charge in [-0.3, -0.25) is 20.4 Å². The van der Waals surface area contributed by atoms with Gasteiger partial charge in [-0.1, -0.05) is 18.2 Å². The molecule has 1 heterocycles. The van der Waals surface area contributed by atoms with Gasteiger partial charge in [0.05, 0.1) is 5.57 Å². The first kappa shape index (κ1) is 14.6. The van der Waals surface area contributed by atoms with Gasteiger partial charge in [0.25, 0.3) is 5.91 Å². The Balaban J connectivity index is 1.89. The number of nitrogens with one attached hydrogen (secondary N) is 2. The molecule has 0 bridgehead atoms. The number of hydrogen-bond donors (Lipinski definition) is 2. The fourth-order valence-corrected chi connectivity index (χ4v) is 1.65. The first-order valence-corrected chi connectivity index (χ1v) is 6.21. The van der Waals surface area contributed by atoms with Crippen molar-refractivity contribution in [3.05, 3.63) is 35.4 Å². The number of ether oxygens (including phenoxy) is 2. The molecule has 0 spiro atoms. The second kappa shape index (κ2) is 6.56. The Morgan fingerprint density at radius 2 is 2.00 bits per heavy atom. The van der Waals surface area contributed by atoms with E-state index in [4.69, 9.17) is 9.47 Å². The summed E-state index contributed by atoms with van der Waals surface area (Å²) < 4.78 is 10.3. The van der Waals surface area contributed by atoms with Crippen LogP contribution in [0.5, 0.6) is 5.75 Å². The summed E-state index contributed by atoms with van der Waals surface area (Å²) in [7, 11) is 0. The van der Waals surface area contributed by atoms with Gasteiger partial charge in [-0.05, 0) is 12.1 Å². The van der Waals surface area contributed by atoms with Gasteiger partial charge in [-0.2, -0.15) is 0 Å². The lowest BCUT2D eigenvalue weighted by molar-refractivity contribution is -0.145. The zero-order valence-corrected chi connectivity index (χ0v) is 11.3. The van der Waals surface area contributed by atoms with Crippen LogP contribution in [0.2, 0.25) is 0 Å². The molecule has 7 heteroatoms. The third-order valence-electron chi connectivity index (χ3n) is 2.61. The molecule has 0 saturated carbocycles. The maximum absolute atomic E-state index is 11.8. The topological polar surface area (TPSA) is 93.7 Å². The number of fused-ring (bicyclic) bond motifs is 1. The highest BCUT2D eigenvalue weighted by atomic mass is 16.5. The highest BCUT2D eigenvalue weighted by Gasteiger charge is 2.19. The van der Waals surface area contributed by atoms with Crippen LogP contribution in [0.4, 0.5) is 0 Å². The Kier molecular flexibility index (Phi) is 4.55. The van der Waals surface area contributed by atoms with E-state index in [2.05, 4.69) is 10.9 Å². The minimum absolute atomic E-state index is 0.0865. The van der Waals surface area contributed by atoms with Crippen molar-refractivity contribution in [3.8, 4) is 5.75 Å². The largest absolute Gasteiger partial charge is 0.488 e. The number of rotatable bonds is 3. The zero-order valence-electron chi connectivity index (χ0n) is 11.3. The van der Waals surface area contributed by atoms with Crippen molar-refractivity contribution in [1.82, 2.24) is 10.9 Å². The zero-order chi connectivity index (χ0) is 15.2. The van der Waals surface area contributed by atoms with Crippen molar-refractivity contribution < 1.29 is 23.9 Å². The average Bonchev–Trinajstić information content (AvgIpc) is 2.50. The summed E-state index contributed by atoms with van der Waals surface area (Å²) in [5.41, 5.74) is 5.28. The lowest BCUT2D eigenvalue weighted by Crippen LogP contribution is -2.42. The number of esters is 1. The summed E-state index contributed by atoms with van der Waals surface area (Å²) in [5, 5.41) is 0. The van der Waals surface area contributed by atoms with Crippen molar-refractivity contribution >= 4 is 23.9 Å². The molecule has 7 nitrogen and oxygen atoms in total. The molecule has 0 fully saturated rings. The van der Waals surface area contributed by atoms with E-state index < -0.39 is 24.4 Å². The van der Waals surface area contributed by atoms with Crippen LogP contribution in [-0.4, -0.2) is 31.0 Å². The third-order valence-corrected chi connectivity index (χ3v) is 2.61. The lowest BCUT2D eigenvalue weighted by atomic mass is 10.1. The molecule has 1 aliphatic heterocycles. The van der Waals surface area contributed by atoms with Crippen molar-refractivity contribution in [1.29, 1.82) is 0 Å². The predicted octanol–water partition coefficient (Wildman–Crippen LogP) is 0.173. The Labute approximate surface area is 120 Å². The first-order valence-electron chi connectivity index (χ1n) is 6.21. The van der Waals surface area contributed by atoms with Crippen LogP contribution in [0.1, 0.15) is 12.5 Å². The normalized spacial score (nSPS) is 12.3. The van der Waals surface area contributed by atoms with Crippen LogP contribution < -0.4 is 15.6 Å². The molecule has 0 aliphatic carbocycles. The molecular formula is C14H14N2O5. The average molecular weight is 290 g/mol. The highest BCUT2D eigenvalue weighted by Crippen LogP contribution is 2.25. The standard InChI is InChI=1S/C14H14N2O5/c1-9(17)15-16-13(18)8-21-14(19)11-6-10-4-2-3-5-12(10)20-7-11/h2-6H,7-8H2,1H3,(H,15,17)(H,16,18). The molecule has 0 saturated heterocycles. The first-order chi connectivity index (χ1) is 10.1. The minimum atomic E-state index is -0.637. The van der Waals surface area contributed by atoms with Gasteiger partial charge in [0, 0.05) is 12.5 Å². The van der Waals surface area contributed by atoms with Gasteiger partial charge in [0.15, 0.2) is 6.61 Å². The Bertz CT molecular complexity index is 609. The van der Waals surface area contributed by atoms with Crippen LogP contribution in [0.25, 0.3) is 6.08 Å². The van der Waals surface area contributed by atoms with Crippen LogP contribution >= 0.6 is 0 Å². The molecule has 0 radical (unpaired) electrons. The number of amides is 2. The SMILES string of the molecule is CC(=O)NNC(=O)COC(=O)C1=Cc2ccccc2OC1. The fraction of sp³-hybridized carbons (Fsp3) is 0.214. The molecule has 0 atom stereocenters. The van der Waals surface area contributed by atoms with Gasteiger partial charge in [-0.25, -0.2) is 4.79 Å². The van der Waals surface area contributed by atoms with Gasteiger partial charge >= 0.3 is 5.97 Å². The van der Waals surface area contributed by atoms with Crippen LogP contribution in [0.3, 0.4) is 0 Å². The second-order valence-electron chi connectivity index (χ2n) is 4.30. The lowest BCUT2D eigenvalue weighted by Gasteiger charge is -2.16. The second-order valence-corrected chi connectivity index (χ2v) is 4.30. The number of hydrogen-bond acceptors (Lipinski definition) is 5. The molecule has 21 heavy (non-hydrogen) atoms. The van der Waals surface area contributed by atoms with E-state index in [1.807, 2.05) is 18.2 Å². The summed E-state index contributed by atoms with van der Waals surface area (Å²) in [4.78, 5) is 33.7. The monoisotopic (exact) mass is 290 g/mol. The van der Waals surface area contributed by atoms with E-state index in [-0.39, 0.29) is 6.61 Å². The van der Waals surface area contributed by atoms with E-state index in [0.29, 0.717) is 11.3 Å². The van der Waals surface area contributed by atoms with E-state index in [1.54, 1.807) is 12.1 Å². The Morgan fingerprint density at radius 1 is 1.24 bits per heavy atom. The van der Waals surface area contributed by atoms with Crippen molar-refractivity contribution in [2.75, 3.05) is 13.2 Å². The molecule has 1 aromatic rings. The number of hydrazine groups is 1. The Hall–Kier alpha value is -2.83. The molecule has 110 valence electrons. The third kappa shape index (κ3) is 4.07. The van der Waals surface area contributed by atoms with Crippen LogP contribution in [0, 0.1) is 0 Å². The van der Waals surface area contributed by atoms with Gasteiger partial charge in [0.1, 0.15) is 12.4 Å². The molecule has 0 aromatic heterocycles. The quantitative estimate of drug-likeness (QED) is 0.611. The maximum Gasteiger partial charge on any atom is 0.338 e. The van der Waals surface area contributed by atoms with E-state index >= 15 is 0 Å². The summed E-state index contributed by atoms with van der Waals surface area (Å²) in [5.74, 6) is -0.995. The molecule has 1 aromatic carbocycles. The summed E-state index contributed by atoms with van der Waals surface area (Å²) >= 11 is 0. The van der Waals surface area contributed by atoms with Crippen molar-refractivity contribution in [2.24, 2.45) is 0 Å². The van der Waals surface area contributed by atoms with E-state index in [9.17, 15) is 14.4 Å². The molecule has 2 amide bonds. The number of carbonyl (C=O) groups is 3. The smallest absolute Gasteiger partial charge is 0.338 e. The van der Waals surface area contributed by atoms with E-state index in [1.165, 1.54) is 6.92 Å². The maximum atomic E-state index is 11.8. The summed E-state index contributed by atoms with van der Waals surface area (Å²) in [6.45, 7) is 0.842. The number of carbonyl (C=O) groups excluding carboxylic acids is 3.